The molecule has 8 nitrogen and oxygen atoms in total. The molecule has 0 bridgehead atoms. The van der Waals surface area contributed by atoms with E-state index in [2.05, 4.69) is 20.2 Å². The summed E-state index contributed by atoms with van der Waals surface area (Å²) in [5.41, 5.74) is -0.0101. The summed E-state index contributed by atoms with van der Waals surface area (Å²) in [4.78, 5) is 35.3. The SMILES string of the molecule is O=C(c1cc(=O)[nH][nH]1)N1CCN(c2ncccn2)CC1. The molecule has 0 saturated carbocycles. The van der Waals surface area contributed by atoms with E-state index in [1.54, 1.807) is 23.4 Å². The average molecular weight is 274 g/mol. The Labute approximate surface area is 114 Å². The minimum atomic E-state index is -0.301. The minimum absolute atomic E-state index is 0.169. The van der Waals surface area contributed by atoms with Gasteiger partial charge in [0.15, 0.2) is 0 Å². The number of piperazine rings is 1. The van der Waals surface area contributed by atoms with Crippen molar-refractivity contribution in [3.8, 4) is 0 Å². The van der Waals surface area contributed by atoms with Crippen LogP contribution in [0.4, 0.5) is 5.95 Å². The first-order valence-corrected chi connectivity index (χ1v) is 6.33. The third kappa shape index (κ3) is 2.40. The van der Waals surface area contributed by atoms with Crippen LogP contribution in [-0.4, -0.2) is 57.2 Å². The second kappa shape index (κ2) is 5.16. The molecule has 1 amide bonds. The van der Waals surface area contributed by atoms with Gasteiger partial charge in [0, 0.05) is 44.6 Å². The molecule has 0 spiro atoms. The van der Waals surface area contributed by atoms with E-state index in [1.165, 1.54) is 6.07 Å². The van der Waals surface area contributed by atoms with Crippen molar-refractivity contribution < 1.29 is 4.79 Å². The van der Waals surface area contributed by atoms with Crippen LogP contribution in [0.2, 0.25) is 0 Å². The lowest BCUT2D eigenvalue weighted by molar-refractivity contribution is 0.0740. The van der Waals surface area contributed by atoms with Gasteiger partial charge in [0.2, 0.25) is 5.95 Å². The van der Waals surface area contributed by atoms with Crippen LogP contribution in [0, 0.1) is 0 Å². The lowest BCUT2D eigenvalue weighted by atomic mass is 10.3. The van der Waals surface area contributed by atoms with Gasteiger partial charge in [0.25, 0.3) is 11.5 Å². The van der Waals surface area contributed by atoms with Gasteiger partial charge in [-0.05, 0) is 6.07 Å². The number of amides is 1. The third-order valence-electron chi connectivity index (χ3n) is 3.23. The van der Waals surface area contributed by atoms with Gasteiger partial charge in [-0.25, -0.2) is 9.97 Å². The summed E-state index contributed by atoms with van der Waals surface area (Å²) < 4.78 is 0. The molecule has 1 aliphatic rings. The van der Waals surface area contributed by atoms with E-state index in [1.807, 2.05) is 4.90 Å². The van der Waals surface area contributed by atoms with Crippen molar-refractivity contribution in [1.82, 2.24) is 25.1 Å². The predicted molar refractivity (Wildman–Crippen MR) is 71.6 cm³/mol. The van der Waals surface area contributed by atoms with Crippen molar-refractivity contribution in [1.29, 1.82) is 0 Å². The Morgan fingerprint density at radius 2 is 1.80 bits per heavy atom. The number of aromatic amines is 2. The highest BCUT2D eigenvalue weighted by molar-refractivity contribution is 5.92. The van der Waals surface area contributed by atoms with E-state index in [4.69, 9.17) is 0 Å². The summed E-state index contributed by atoms with van der Waals surface area (Å²) in [7, 11) is 0. The van der Waals surface area contributed by atoms with Crippen LogP contribution in [0.15, 0.2) is 29.3 Å². The maximum absolute atomic E-state index is 12.1. The molecule has 0 atom stereocenters. The Kier molecular flexibility index (Phi) is 3.20. The monoisotopic (exact) mass is 274 g/mol. The number of carbonyl (C=O) groups excluding carboxylic acids is 1. The molecule has 0 radical (unpaired) electrons. The number of rotatable bonds is 2. The number of hydrogen-bond acceptors (Lipinski definition) is 5. The van der Waals surface area contributed by atoms with Crippen LogP contribution in [0.3, 0.4) is 0 Å². The van der Waals surface area contributed by atoms with E-state index >= 15 is 0 Å². The molecule has 8 heteroatoms. The Hall–Kier alpha value is -2.64. The largest absolute Gasteiger partial charge is 0.337 e. The van der Waals surface area contributed by atoms with Gasteiger partial charge in [-0.1, -0.05) is 0 Å². The zero-order valence-corrected chi connectivity index (χ0v) is 10.7. The minimum Gasteiger partial charge on any atom is -0.337 e. The van der Waals surface area contributed by atoms with Gasteiger partial charge in [-0.2, -0.15) is 0 Å². The predicted octanol–water partition coefficient (Wildman–Crippen LogP) is -0.545. The molecule has 104 valence electrons. The van der Waals surface area contributed by atoms with E-state index in [0.717, 1.165) is 0 Å². The number of aromatic nitrogens is 4. The fourth-order valence-electron chi connectivity index (χ4n) is 2.18. The number of anilines is 1. The van der Waals surface area contributed by atoms with Gasteiger partial charge in [-0.15, -0.1) is 0 Å². The maximum atomic E-state index is 12.1. The number of nitrogens with zero attached hydrogens (tertiary/aromatic N) is 4. The van der Waals surface area contributed by atoms with Crippen molar-refractivity contribution in [3.63, 3.8) is 0 Å². The van der Waals surface area contributed by atoms with Gasteiger partial charge < -0.3 is 9.80 Å². The normalized spacial score (nSPS) is 15.4. The van der Waals surface area contributed by atoms with Crippen LogP contribution in [0.5, 0.6) is 0 Å². The molecule has 1 saturated heterocycles. The number of H-pyrrole nitrogens is 2. The highest BCUT2D eigenvalue weighted by Crippen LogP contribution is 2.11. The molecule has 0 aliphatic carbocycles. The molecule has 2 aromatic heterocycles. The Morgan fingerprint density at radius 1 is 1.10 bits per heavy atom. The molecular weight excluding hydrogens is 260 g/mol. The Morgan fingerprint density at radius 3 is 2.40 bits per heavy atom. The molecule has 3 heterocycles. The zero-order chi connectivity index (χ0) is 13.9. The number of hydrogen-bond donors (Lipinski definition) is 2. The number of nitrogens with one attached hydrogen (secondary N) is 2. The van der Waals surface area contributed by atoms with E-state index in [0.29, 0.717) is 37.8 Å². The van der Waals surface area contributed by atoms with Gasteiger partial charge >= 0.3 is 0 Å². The molecule has 3 rings (SSSR count). The topological polar surface area (TPSA) is 98.0 Å². The van der Waals surface area contributed by atoms with Crippen molar-refractivity contribution in [2.45, 2.75) is 0 Å². The quantitative estimate of drug-likeness (QED) is 0.766. The van der Waals surface area contributed by atoms with Crippen molar-refractivity contribution in [2.24, 2.45) is 0 Å². The van der Waals surface area contributed by atoms with E-state index in [9.17, 15) is 9.59 Å². The molecule has 1 aliphatic heterocycles. The van der Waals surface area contributed by atoms with Gasteiger partial charge in [0.1, 0.15) is 5.69 Å². The lowest BCUT2D eigenvalue weighted by Crippen LogP contribution is -2.49. The van der Waals surface area contributed by atoms with Gasteiger partial charge in [-0.3, -0.25) is 19.8 Å². The Bertz CT molecular complexity index is 641. The van der Waals surface area contributed by atoms with Gasteiger partial charge in [0.05, 0.1) is 0 Å². The molecule has 2 aromatic rings. The standard InChI is InChI=1S/C12H14N6O2/c19-10-8-9(15-16-10)11(20)17-4-6-18(7-5-17)12-13-2-1-3-14-12/h1-3,8H,4-7H2,(H2,15,16,19). The first kappa shape index (κ1) is 12.4. The van der Waals surface area contributed by atoms with E-state index < -0.39 is 0 Å². The van der Waals surface area contributed by atoms with Crippen LogP contribution in [0.1, 0.15) is 10.5 Å². The first-order valence-electron chi connectivity index (χ1n) is 6.33. The van der Waals surface area contributed by atoms with E-state index in [-0.39, 0.29) is 11.5 Å². The zero-order valence-electron chi connectivity index (χ0n) is 10.7. The summed E-state index contributed by atoms with van der Waals surface area (Å²) in [6.45, 7) is 2.49. The van der Waals surface area contributed by atoms with Crippen molar-refractivity contribution >= 4 is 11.9 Å². The fourth-order valence-corrected chi connectivity index (χ4v) is 2.18. The summed E-state index contributed by atoms with van der Waals surface area (Å²) >= 11 is 0. The summed E-state index contributed by atoms with van der Waals surface area (Å²) in [6, 6.07) is 3.04. The Balaban J connectivity index is 1.64. The molecule has 0 unspecified atom stereocenters. The molecular formula is C12H14N6O2. The first-order chi connectivity index (χ1) is 9.74. The van der Waals surface area contributed by atoms with Crippen molar-refractivity contribution in [2.75, 3.05) is 31.1 Å². The highest BCUT2D eigenvalue weighted by atomic mass is 16.2. The maximum Gasteiger partial charge on any atom is 0.272 e. The third-order valence-corrected chi connectivity index (χ3v) is 3.23. The molecule has 2 N–H and O–H groups in total. The van der Waals surface area contributed by atoms with Crippen LogP contribution in [-0.2, 0) is 0 Å². The van der Waals surface area contributed by atoms with Crippen LogP contribution >= 0.6 is 0 Å². The second-order valence-corrected chi connectivity index (χ2v) is 4.50. The fraction of sp³-hybridized carbons (Fsp3) is 0.333. The average Bonchev–Trinajstić information content (AvgIpc) is 2.94. The highest BCUT2D eigenvalue weighted by Gasteiger charge is 2.24. The van der Waals surface area contributed by atoms with Crippen LogP contribution in [0.25, 0.3) is 0 Å². The molecule has 20 heavy (non-hydrogen) atoms. The second-order valence-electron chi connectivity index (χ2n) is 4.50. The summed E-state index contributed by atoms with van der Waals surface area (Å²) in [5, 5.41) is 4.94. The summed E-state index contributed by atoms with van der Waals surface area (Å²) in [5.74, 6) is 0.506. The smallest absolute Gasteiger partial charge is 0.272 e. The number of carbonyl (C=O) groups is 1. The molecule has 0 aromatic carbocycles. The lowest BCUT2D eigenvalue weighted by Gasteiger charge is -2.34. The van der Waals surface area contributed by atoms with Crippen LogP contribution < -0.4 is 10.5 Å². The van der Waals surface area contributed by atoms with Crippen molar-refractivity contribution in [3.05, 3.63) is 40.6 Å². The summed E-state index contributed by atoms with van der Waals surface area (Å²) in [6.07, 6.45) is 3.40. The molecule has 1 fully saturated rings.